The van der Waals surface area contributed by atoms with Gasteiger partial charge in [-0.15, -0.1) is 11.6 Å². The maximum atomic E-state index is 12.3. The molecule has 13 heavy (non-hydrogen) atoms. The molecule has 72 valence electrons. The van der Waals surface area contributed by atoms with E-state index in [0.29, 0.717) is 9.26 Å². The van der Waals surface area contributed by atoms with E-state index in [4.69, 9.17) is 17.3 Å². The van der Waals surface area contributed by atoms with Gasteiger partial charge in [0.2, 0.25) is 0 Å². The molecule has 0 radical (unpaired) electrons. The maximum absolute atomic E-state index is 12.3. The van der Waals surface area contributed by atoms with E-state index in [9.17, 15) is 8.78 Å². The van der Waals surface area contributed by atoms with Crippen molar-refractivity contribution in [3.8, 4) is 0 Å². The number of pyridine rings is 1. The zero-order chi connectivity index (χ0) is 10.0. The average molecular weight is 318 g/mol. The summed E-state index contributed by atoms with van der Waals surface area (Å²) < 4.78 is 25.2. The number of hydrogen-bond acceptors (Lipinski definition) is 2. The second-order valence-electron chi connectivity index (χ2n) is 2.33. The predicted molar refractivity (Wildman–Crippen MR) is 55.9 cm³/mol. The van der Waals surface area contributed by atoms with Crippen LogP contribution >= 0.6 is 34.2 Å². The molecular weight excluding hydrogens is 312 g/mol. The Balaban J connectivity index is 3.20. The monoisotopic (exact) mass is 318 g/mol. The molecule has 0 amide bonds. The van der Waals surface area contributed by atoms with E-state index in [1.165, 1.54) is 6.07 Å². The molecule has 2 nitrogen and oxygen atoms in total. The fraction of sp³-hybridized carbons (Fsp3) is 0.286. The highest BCUT2D eigenvalue weighted by atomic mass is 127. The number of alkyl halides is 3. The van der Waals surface area contributed by atoms with Crippen LogP contribution in [-0.2, 0) is 5.88 Å². The predicted octanol–water partition coefficient (Wildman–Crippen LogP) is 2.94. The Bertz CT molecular complexity index is 320. The number of nitrogens with zero attached hydrogens (tertiary/aromatic N) is 1. The molecule has 1 aromatic rings. The zero-order valence-corrected chi connectivity index (χ0v) is 9.31. The molecule has 0 atom stereocenters. The van der Waals surface area contributed by atoms with Gasteiger partial charge in [-0.1, -0.05) is 0 Å². The van der Waals surface area contributed by atoms with Crippen LogP contribution in [0.25, 0.3) is 0 Å². The molecule has 0 aliphatic rings. The van der Waals surface area contributed by atoms with Gasteiger partial charge in [-0.3, -0.25) is 0 Å². The average Bonchev–Trinajstić information content (AvgIpc) is 2.07. The van der Waals surface area contributed by atoms with E-state index in [1.807, 2.05) is 22.6 Å². The van der Waals surface area contributed by atoms with Gasteiger partial charge >= 0.3 is 0 Å². The minimum Gasteiger partial charge on any atom is -0.383 e. The van der Waals surface area contributed by atoms with Crippen LogP contribution in [0.4, 0.5) is 14.6 Å². The molecular formula is C7H6ClF2IN2. The van der Waals surface area contributed by atoms with E-state index in [-0.39, 0.29) is 17.3 Å². The summed E-state index contributed by atoms with van der Waals surface area (Å²) in [5, 5.41) is 0. The third-order valence-corrected chi connectivity index (χ3v) is 2.66. The number of rotatable bonds is 2. The Morgan fingerprint density at radius 3 is 2.69 bits per heavy atom. The number of nitrogen functional groups attached to an aromatic ring is 1. The van der Waals surface area contributed by atoms with Crippen LogP contribution in [0.3, 0.4) is 0 Å². The molecule has 0 aliphatic heterocycles. The smallest absolute Gasteiger partial charge is 0.267 e. The summed E-state index contributed by atoms with van der Waals surface area (Å²) in [5.41, 5.74) is 5.61. The molecule has 0 saturated heterocycles. The Kier molecular flexibility index (Phi) is 3.66. The summed E-state index contributed by atoms with van der Waals surface area (Å²) in [7, 11) is 0. The molecule has 1 heterocycles. The summed E-state index contributed by atoms with van der Waals surface area (Å²) in [6.45, 7) is 0. The number of aromatic nitrogens is 1. The lowest BCUT2D eigenvalue weighted by Crippen LogP contribution is -2.02. The minimum absolute atomic E-state index is 0.147. The molecule has 0 aliphatic carbocycles. The van der Waals surface area contributed by atoms with Gasteiger partial charge in [0.25, 0.3) is 6.43 Å². The first-order valence-electron chi connectivity index (χ1n) is 3.35. The van der Waals surface area contributed by atoms with E-state index < -0.39 is 6.43 Å². The Hall–Kier alpha value is -0.170. The third kappa shape index (κ3) is 2.40. The van der Waals surface area contributed by atoms with Gasteiger partial charge in [0.1, 0.15) is 5.82 Å². The SMILES string of the molecule is Nc1nc(CCl)c(I)cc1C(F)F. The molecule has 0 aromatic carbocycles. The van der Waals surface area contributed by atoms with Crippen molar-refractivity contribution >= 4 is 40.0 Å². The standard InChI is InChI=1S/C7H6ClF2IN2/c8-2-5-4(11)1-3(6(9)10)7(12)13-5/h1,6H,2H2,(H2,12,13). The van der Waals surface area contributed by atoms with Crippen LogP contribution in [0, 0.1) is 3.57 Å². The maximum Gasteiger partial charge on any atom is 0.267 e. The van der Waals surface area contributed by atoms with Crippen molar-refractivity contribution in [2.45, 2.75) is 12.3 Å². The van der Waals surface area contributed by atoms with Crippen LogP contribution in [0.5, 0.6) is 0 Å². The van der Waals surface area contributed by atoms with Crippen LogP contribution in [-0.4, -0.2) is 4.98 Å². The summed E-state index contributed by atoms with van der Waals surface area (Å²) in [5.74, 6) is 0.0254. The van der Waals surface area contributed by atoms with Crippen molar-refractivity contribution < 1.29 is 8.78 Å². The van der Waals surface area contributed by atoms with Gasteiger partial charge in [-0.25, -0.2) is 13.8 Å². The van der Waals surface area contributed by atoms with Gasteiger partial charge in [0.05, 0.1) is 17.1 Å². The molecule has 1 aromatic heterocycles. The first-order valence-corrected chi connectivity index (χ1v) is 4.96. The Morgan fingerprint density at radius 2 is 2.23 bits per heavy atom. The topological polar surface area (TPSA) is 38.9 Å². The van der Waals surface area contributed by atoms with Gasteiger partial charge in [0, 0.05) is 3.57 Å². The van der Waals surface area contributed by atoms with Gasteiger partial charge in [0.15, 0.2) is 0 Å². The largest absolute Gasteiger partial charge is 0.383 e. The molecule has 0 bridgehead atoms. The van der Waals surface area contributed by atoms with Crippen molar-refractivity contribution in [2.24, 2.45) is 0 Å². The number of anilines is 1. The molecule has 2 N–H and O–H groups in total. The summed E-state index contributed by atoms with van der Waals surface area (Å²) >= 11 is 7.43. The summed E-state index contributed by atoms with van der Waals surface area (Å²) in [4.78, 5) is 3.77. The first-order chi connectivity index (χ1) is 6.06. The number of hydrogen-bond donors (Lipinski definition) is 1. The molecule has 0 spiro atoms. The van der Waals surface area contributed by atoms with Crippen LogP contribution < -0.4 is 5.73 Å². The second kappa shape index (κ2) is 4.36. The fourth-order valence-electron chi connectivity index (χ4n) is 0.826. The molecule has 0 unspecified atom stereocenters. The second-order valence-corrected chi connectivity index (χ2v) is 3.76. The Morgan fingerprint density at radius 1 is 1.62 bits per heavy atom. The summed E-state index contributed by atoms with van der Waals surface area (Å²) in [6.07, 6.45) is -2.59. The molecule has 1 rings (SSSR count). The van der Waals surface area contributed by atoms with E-state index >= 15 is 0 Å². The lowest BCUT2D eigenvalue weighted by atomic mass is 10.2. The normalized spacial score (nSPS) is 10.8. The highest BCUT2D eigenvalue weighted by Crippen LogP contribution is 2.26. The van der Waals surface area contributed by atoms with E-state index in [0.717, 1.165) is 0 Å². The van der Waals surface area contributed by atoms with Crippen molar-refractivity contribution in [2.75, 3.05) is 5.73 Å². The number of halogens is 4. The minimum atomic E-state index is -2.59. The highest BCUT2D eigenvalue weighted by molar-refractivity contribution is 14.1. The quantitative estimate of drug-likeness (QED) is 0.672. The number of nitrogens with two attached hydrogens (primary N) is 1. The van der Waals surface area contributed by atoms with Crippen molar-refractivity contribution in [3.05, 3.63) is 20.9 Å². The van der Waals surface area contributed by atoms with Gasteiger partial charge in [-0.05, 0) is 28.7 Å². The van der Waals surface area contributed by atoms with Crippen LogP contribution in [0.2, 0.25) is 0 Å². The van der Waals surface area contributed by atoms with Crippen LogP contribution in [0.1, 0.15) is 17.7 Å². The van der Waals surface area contributed by atoms with Crippen LogP contribution in [0.15, 0.2) is 6.07 Å². The third-order valence-electron chi connectivity index (χ3n) is 1.47. The van der Waals surface area contributed by atoms with Gasteiger partial charge in [-0.2, -0.15) is 0 Å². The van der Waals surface area contributed by atoms with Crippen molar-refractivity contribution in [1.82, 2.24) is 4.98 Å². The van der Waals surface area contributed by atoms with E-state index in [1.54, 1.807) is 0 Å². The fourth-order valence-corrected chi connectivity index (χ4v) is 1.90. The van der Waals surface area contributed by atoms with Crippen molar-refractivity contribution in [3.63, 3.8) is 0 Å². The molecule has 0 fully saturated rings. The van der Waals surface area contributed by atoms with Gasteiger partial charge < -0.3 is 5.73 Å². The zero-order valence-electron chi connectivity index (χ0n) is 6.40. The lowest BCUT2D eigenvalue weighted by Gasteiger charge is -2.06. The lowest BCUT2D eigenvalue weighted by molar-refractivity contribution is 0.152. The first kappa shape index (κ1) is 10.9. The molecule has 0 saturated carbocycles. The summed E-state index contributed by atoms with van der Waals surface area (Å²) in [6, 6.07) is 1.31. The molecule has 6 heteroatoms. The van der Waals surface area contributed by atoms with E-state index in [2.05, 4.69) is 4.98 Å². The Labute approximate surface area is 92.6 Å². The van der Waals surface area contributed by atoms with Crippen molar-refractivity contribution in [1.29, 1.82) is 0 Å². The highest BCUT2D eigenvalue weighted by Gasteiger charge is 2.14.